The number of nitrogens with one attached hydrogen (secondary N) is 1. The summed E-state index contributed by atoms with van der Waals surface area (Å²) in [5.74, 6) is -0.114. The van der Waals surface area contributed by atoms with Gasteiger partial charge in [0.2, 0.25) is 0 Å². The molecule has 2 aliphatic rings. The largest absolute Gasteiger partial charge is 0.480 e. The molecule has 2 heterocycles. The second-order valence-electron chi connectivity index (χ2n) is 6.60. The van der Waals surface area contributed by atoms with Crippen molar-refractivity contribution in [3.8, 4) is 0 Å². The zero-order valence-electron chi connectivity index (χ0n) is 12.8. The van der Waals surface area contributed by atoms with Gasteiger partial charge in [0.15, 0.2) is 0 Å². The van der Waals surface area contributed by atoms with E-state index in [1.165, 1.54) is 6.42 Å². The van der Waals surface area contributed by atoms with Crippen LogP contribution >= 0.6 is 15.9 Å². The Labute approximate surface area is 138 Å². The van der Waals surface area contributed by atoms with Crippen molar-refractivity contribution in [3.63, 3.8) is 0 Å². The lowest BCUT2D eigenvalue weighted by Gasteiger charge is -2.43. The van der Waals surface area contributed by atoms with E-state index in [0.717, 1.165) is 49.2 Å². The van der Waals surface area contributed by atoms with Crippen LogP contribution < -0.4 is 5.32 Å². The van der Waals surface area contributed by atoms with E-state index in [9.17, 15) is 4.79 Å². The maximum atomic E-state index is 11.0. The molecular formula is C15H22BrN3O3. The normalized spacial score (nSPS) is 31.7. The van der Waals surface area contributed by atoms with Crippen LogP contribution in [0.15, 0.2) is 10.8 Å². The topological polar surface area (TPSA) is 76.4 Å². The molecule has 1 spiro atoms. The fraction of sp³-hybridized carbons (Fsp3) is 0.733. The quantitative estimate of drug-likeness (QED) is 0.846. The molecule has 0 radical (unpaired) electrons. The number of carboxylic acids is 1. The molecule has 1 aliphatic heterocycles. The van der Waals surface area contributed by atoms with Crippen LogP contribution in [0.1, 0.15) is 37.9 Å². The van der Waals surface area contributed by atoms with Gasteiger partial charge < -0.3 is 19.7 Å². The molecule has 22 heavy (non-hydrogen) atoms. The second kappa shape index (κ2) is 5.94. The molecule has 0 bridgehead atoms. The van der Waals surface area contributed by atoms with Crippen LogP contribution in [0.4, 0.5) is 0 Å². The van der Waals surface area contributed by atoms with E-state index in [4.69, 9.17) is 9.84 Å². The minimum Gasteiger partial charge on any atom is -0.480 e. The molecule has 122 valence electrons. The highest BCUT2D eigenvalue weighted by atomic mass is 79.9. The Hall–Kier alpha value is -0.920. The third-order valence-electron chi connectivity index (χ3n) is 5.18. The summed E-state index contributed by atoms with van der Waals surface area (Å²) in [5.41, 5.74) is -0.231. The predicted molar refractivity (Wildman–Crippen MR) is 84.6 cm³/mol. The van der Waals surface area contributed by atoms with Gasteiger partial charge in [0.05, 0.1) is 0 Å². The molecule has 1 saturated carbocycles. The first-order valence-corrected chi connectivity index (χ1v) is 8.50. The van der Waals surface area contributed by atoms with Crippen LogP contribution in [0.25, 0.3) is 0 Å². The van der Waals surface area contributed by atoms with Gasteiger partial charge >= 0.3 is 5.97 Å². The van der Waals surface area contributed by atoms with Gasteiger partial charge in [-0.05, 0) is 60.0 Å². The summed E-state index contributed by atoms with van der Waals surface area (Å²) < 4.78 is 8.59. The van der Waals surface area contributed by atoms with Crippen LogP contribution in [0.5, 0.6) is 0 Å². The van der Waals surface area contributed by atoms with Crippen LogP contribution in [0.3, 0.4) is 0 Å². The highest BCUT2D eigenvalue weighted by Crippen LogP contribution is 2.49. The molecule has 3 rings (SSSR count). The summed E-state index contributed by atoms with van der Waals surface area (Å²) in [7, 11) is 1.93. The Balaban J connectivity index is 1.85. The third kappa shape index (κ3) is 2.94. The summed E-state index contributed by atoms with van der Waals surface area (Å²) in [4.78, 5) is 15.5. The number of hydrogen-bond donors (Lipinski definition) is 2. The third-order valence-corrected chi connectivity index (χ3v) is 5.56. The van der Waals surface area contributed by atoms with Gasteiger partial charge in [-0.25, -0.2) is 9.78 Å². The Kier molecular flexibility index (Phi) is 4.31. The van der Waals surface area contributed by atoms with Crippen LogP contribution in [0.2, 0.25) is 0 Å². The van der Waals surface area contributed by atoms with Crippen molar-refractivity contribution < 1.29 is 14.6 Å². The standard InChI is InChI=1S/C15H22BrN3O3/c1-19-8-11(16)18-13(19)15(22-9-12(20)21)4-2-14(3-5-15)6-7-17-10-14/h8,17H,2-7,9-10H2,1H3,(H,20,21). The van der Waals surface area contributed by atoms with E-state index >= 15 is 0 Å². The Morgan fingerprint density at radius 1 is 1.45 bits per heavy atom. The number of aliphatic carboxylic acids is 1. The van der Waals surface area contributed by atoms with Crippen molar-refractivity contribution in [2.24, 2.45) is 12.5 Å². The lowest BCUT2D eigenvalue weighted by molar-refractivity contribution is -0.157. The Bertz CT molecular complexity index is 556. The summed E-state index contributed by atoms with van der Waals surface area (Å²) >= 11 is 3.40. The first-order valence-electron chi connectivity index (χ1n) is 7.71. The van der Waals surface area contributed by atoms with E-state index in [1.807, 2.05) is 17.8 Å². The van der Waals surface area contributed by atoms with Gasteiger partial charge in [-0.3, -0.25) is 0 Å². The number of carbonyl (C=O) groups is 1. The van der Waals surface area contributed by atoms with Crippen LogP contribution in [-0.4, -0.2) is 40.3 Å². The van der Waals surface area contributed by atoms with Crippen LogP contribution in [-0.2, 0) is 22.2 Å². The van der Waals surface area contributed by atoms with Crippen molar-refractivity contribution >= 4 is 21.9 Å². The summed E-state index contributed by atoms with van der Waals surface area (Å²) in [5, 5.41) is 12.5. The molecule has 2 N–H and O–H groups in total. The van der Waals surface area contributed by atoms with Gasteiger partial charge in [-0.15, -0.1) is 0 Å². The van der Waals surface area contributed by atoms with E-state index in [-0.39, 0.29) is 6.61 Å². The maximum absolute atomic E-state index is 11.0. The van der Waals surface area contributed by atoms with Gasteiger partial charge in [0, 0.05) is 19.8 Å². The number of carboxylic acid groups (broad SMARTS) is 1. The molecule has 1 saturated heterocycles. The lowest BCUT2D eigenvalue weighted by Crippen LogP contribution is -2.42. The molecular weight excluding hydrogens is 350 g/mol. The number of hydrogen-bond acceptors (Lipinski definition) is 4. The number of nitrogens with zero attached hydrogens (tertiary/aromatic N) is 2. The molecule has 1 aromatic rings. The average Bonchev–Trinajstić information content (AvgIpc) is 3.06. The highest BCUT2D eigenvalue weighted by Gasteiger charge is 2.47. The van der Waals surface area contributed by atoms with Crippen LogP contribution in [0, 0.1) is 5.41 Å². The number of ether oxygens (including phenoxy) is 1. The summed E-state index contributed by atoms with van der Waals surface area (Å²) in [6.45, 7) is 1.86. The van der Waals surface area contributed by atoms with Gasteiger partial charge in [-0.2, -0.15) is 0 Å². The van der Waals surface area contributed by atoms with E-state index in [0.29, 0.717) is 5.41 Å². The zero-order valence-corrected chi connectivity index (χ0v) is 14.4. The molecule has 1 aromatic heterocycles. The maximum Gasteiger partial charge on any atom is 0.329 e. The fourth-order valence-electron chi connectivity index (χ4n) is 3.89. The van der Waals surface area contributed by atoms with Crippen molar-refractivity contribution in [2.45, 2.75) is 37.7 Å². The highest BCUT2D eigenvalue weighted by molar-refractivity contribution is 9.10. The Morgan fingerprint density at radius 2 is 2.18 bits per heavy atom. The minimum absolute atomic E-state index is 0.282. The second-order valence-corrected chi connectivity index (χ2v) is 7.41. The van der Waals surface area contributed by atoms with Gasteiger partial charge in [0.25, 0.3) is 0 Å². The van der Waals surface area contributed by atoms with E-state index < -0.39 is 11.6 Å². The van der Waals surface area contributed by atoms with Crippen molar-refractivity contribution in [3.05, 3.63) is 16.6 Å². The lowest BCUT2D eigenvalue weighted by atomic mass is 9.68. The van der Waals surface area contributed by atoms with Gasteiger partial charge in [0.1, 0.15) is 22.6 Å². The van der Waals surface area contributed by atoms with Gasteiger partial charge in [-0.1, -0.05) is 0 Å². The summed E-state index contributed by atoms with van der Waals surface area (Å²) in [6.07, 6.45) is 6.82. The number of rotatable bonds is 4. The minimum atomic E-state index is -0.935. The molecule has 0 atom stereocenters. The molecule has 0 aromatic carbocycles. The molecule has 7 heteroatoms. The first-order chi connectivity index (χ1) is 10.4. The van der Waals surface area contributed by atoms with E-state index in [2.05, 4.69) is 26.2 Å². The smallest absolute Gasteiger partial charge is 0.329 e. The Morgan fingerprint density at radius 3 is 2.68 bits per heavy atom. The monoisotopic (exact) mass is 371 g/mol. The zero-order chi connectivity index (χ0) is 15.8. The molecule has 1 aliphatic carbocycles. The molecule has 2 fully saturated rings. The van der Waals surface area contributed by atoms with Crippen molar-refractivity contribution in [1.82, 2.24) is 14.9 Å². The first kappa shape index (κ1) is 16.0. The predicted octanol–water partition coefficient (Wildman–Crippen LogP) is 2.03. The van der Waals surface area contributed by atoms with E-state index in [1.54, 1.807) is 0 Å². The van der Waals surface area contributed by atoms with Crippen molar-refractivity contribution in [2.75, 3.05) is 19.7 Å². The van der Waals surface area contributed by atoms with Crippen molar-refractivity contribution in [1.29, 1.82) is 0 Å². The number of halogens is 1. The fourth-order valence-corrected chi connectivity index (χ4v) is 4.37. The summed E-state index contributed by atoms with van der Waals surface area (Å²) in [6, 6.07) is 0. The number of imidazole rings is 1. The SMILES string of the molecule is Cn1cc(Br)nc1C1(OCC(=O)O)CCC2(CCNC2)CC1. The number of aryl methyl sites for hydroxylation is 1. The molecule has 6 nitrogen and oxygen atoms in total. The average molecular weight is 372 g/mol. The molecule has 0 amide bonds. The number of aromatic nitrogens is 2. The molecule has 0 unspecified atom stereocenters.